The molecular formula is C9H13N7. The van der Waals surface area contributed by atoms with Crippen LogP contribution < -0.4 is 5.73 Å². The Kier molecular flexibility index (Phi) is 2.17. The Morgan fingerprint density at radius 1 is 1.44 bits per heavy atom. The van der Waals surface area contributed by atoms with E-state index in [1.807, 2.05) is 0 Å². The summed E-state index contributed by atoms with van der Waals surface area (Å²) in [4.78, 5) is 3.90. The summed E-state index contributed by atoms with van der Waals surface area (Å²) in [6.45, 7) is 1.39. The zero-order valence-corrected chi connectivity index (χ0v) is 8.82. The molecule has 1 aliphatic heterocycles. The van der Waals surface area contributed by atoms with Gasteiger partial charge in [-0.05, 0) is 6.42 Å². The molecule has 1 atom stereocenters. The molecule has 1 aliphatic rings. The molecule has 2 N–H and O–H groups in total. The summed E-state index contributed by atoms with van der Waals surface area (Å²) < 4.78 is 3.83. The first-order valence-electron chi connectivity index (χ1n) is 5.32. The molecule has 1 unspecified atom stereocenters. The van der Waals surface area contributed by atoms with Gasteiger partial charge in [-0.2, -0.15) is 5.10 Å². The number of nitrogens with zero attached hydrogens (tertiary/aromatic N) is 6. The van der Waals surface area contributed by atoms with Crippen molar-refractivity contribution < 1.29 is 0 Å². The third-order valence-electron chi connectivity index (χ3n) is 2.83. The first-order valence-corrected chi connectivity index (χ1v) is 5.32. The van der Waals surface area contributed by atoms with Gasteiger partial charge in [-0.1, -0.05) is 0 Å². The highest BCUT2D eigenvalue weighted by atomic mass is 15.4. The highest BCUT2D eigenvalue weighted by Gasteiger charge is 2.20. The van der Waals surface area contributed by atoms with Crippen LogP contribution >= 0.6 is 0 Å². The molecule has 3 heterocycles. The first kappa shape index (κ1) is 9.46. The number of aryl methyl sites for hydroxylation is 1. The minimum atomic E-state index is 0.206. The Bertz CT molecular complexity index is 472. The molecule has 0 aliphatic carbocycles. The Hall–Kier alpha value is -1.76. The monoisotopic (exact) mass is 219 g/mol. The van der Waals surface area contributed by atoms with Gasteiger partial charge in [0.1, 0.15) is 25.0 Å². The number of aromatic nitrogens is 6. The van der Waals surface area contributed by atoms with E-state index in [0.29, 0.717) is 6.54 Å². The molecule has 0 amide bonds. The largest absolute Gasteiger partial charge is 0.326 e. The topological polar surface area (TPSA) is 87.4 Å². The van der Waals surface area contributed by atoms with E-state index < -0.39 is 0 Å². The zero-order valence-electron chi connectivity index (χ0n) is 8.82. The average molecular weight is 219 g/mol. The fourth-order valence-corrected chi connectivity index (χ4v) is 1.98. The van der Waals surface area contributed by atoms with Crippen LogP contribution in [-0.2, 0) is 19.5 Å². The van der Waals surface area contributed by atoms with Gasteiger partial charge in [0.05, 0.1) is 0 Å². The van der Waals surface area contributed by atoms with Crippen molar-refractivity contribution in [3.63, 3.8) is 0 Å². The lowest BCUT2D eigenvalue weighted by molar-refractivity contribution is 0.438. The molecule has 3 rings (SSSR count). The second-order valence-corrected chi connectivity index (χ2v) is 4.03. The van der Waals surface area contributed by atoms with E-state index in [-0.39, 0.29) is 6.04 Å². The summed E-state index contributed by atoms with van der Waals surface area (Å²) in [5.41, 5.74) is 5.94. The van der Waals surface area contributed by atoms with E-state index in [4.69, 9.17) is 5.73 Å². The molecule has 0 aromatic carbocycles. The average Bonchev–Trinajstić information content (AvgIpc) is 2.90. The quantitative estimate of drug-likeness (QED) is 0.713. The van der Waals surface area contributed by atoms with Gasteiger partial charge in [-0.15, -0.1) is 10.2 Å². The van der Waals surface area contributed by atoms with Crippen LogP contribution in [0.2, 0.25) is 0 Å². The van der Waals surface area contributed by atoms with Crippen molar-refractivity contribution in [2.24, 2.45) is 5.73 Å². The van der Waals surface area contributed by atoms with Crippen LogP contribution in [0, 0.1) is 0 Å². The summed E-state index contributed by atoms with van der Waals surface area (Å²) in [5.74, 6) is 1.92. The standard InChI is InChI=1S/C9H13N7/c10-7-1-2-8-13-14-9(16(8)3-7)4-15-6-11-5-12-15/h5-7H,1-4,10H2. The van der Waals surface area contributed by atoms with Gasteiger partial charge in [-0.25, -0.2) is 9.67 Å². The lowest BCUT2D eigenvalue weighted by atomic mass is 10.1. The second kappa shape index (κ2) is 3.67. The van der Waals surface area contributed by atoms with Gasteiger partial charge in [0.2, 0.25) is 0 Å². The molecule has 0 spiro atoms. The van der Waals surface area contributed by atoms with Gasteiger partial charge in [0.15, 0.2) is 5.82 Å². The predicted molar refractivity (Wildman–Crippen MR) is 55.4 cm³/mol. The SMILES string of the molecule is NC1CCc2nnc(Cn3cncn3)n2C1. The number of nitrogens with two attached hydrogens (primary N) is 1. The van der Waals surface area contributed by atoms with E-state index in [9.17, 15) is 0 Å². The van der Waals surface area contributed by atoms with E-state index in [0.717, 1.165) is 31.0 Å². The summed E-state index contributed by atoms with van der Waals surface area (Å²) in [6.07, 6.45) is 5.08. The highest BCUT2D eigenvalue weighted by molar-refractivity contribution is 5.01. The van der Waals surface area contributed by atoms with Crippen molar-refractivity contribution in [3.8, 4) is 0 Å². The number of rotatable bonds is 2. The fraction of sp³-hybridized carbons (Fsp3) is 0.556. The van der Waals surface area contributed by atoms with Crippen molar-refractivity contribution in [1.29, 1.82) is 0 Å². The maximum Gasteiger partial charge on any atom is 0.154 e. The molecule has 0 saturated carbocycles. The predicted octanol–water partition coefficient (Wildman–Crippen LogP) is -0.809. The maximum absolute atomic E-state index is 5.94. The van der Waals surface area contributed by atoms with Crippen molar-refractivity contribution in [2.45, 2.75) is 32.0 Å². The summed E-state index contributed by atoms with van der Waals surface area (Å²) in [7, 11) is 0. The smallest absolute Gasteiger partial charge is 0.154 e. The maximum atomic E-state index is 5.94. The molecule has 2 aromatic rings. The van der Waals surface area contributed by atoms with E-state index >= 15 is 0 Å². The third-order valence-corrected chi connectivity index (χ3v) is 2.83. The Morgan fingerprint density at radius 2 is 2.38 bits per heavy atom. The van der Waals surface area contributed by atoms with E-state index in [1.54, 1.807) is 11.0 Å². The van der Waals surface area contributed by atoms with Crippen LogP contribution in [0.4, 0.5) is 0 Å². The molecule has 0 fully saturated rings. The third kappa shape index (κ3) is 1.58. The zero-order chi connectivity index (χ0) is 11.0. The molecule has 0 saturated heterocycles. The van der Waals surface area contributed by atoms with Crippen LogP contribution in [0.15, 0.2) is 12.7 Å². The first-order chi connectivity index (χ1) is 7.83. The Labute approximate surface area is 92.3 Å². The van der Waals surface area contributed by atoms with Crippen LogP contribution in [0.25, 0.3) is 0 Å². The molecular weight excluding hydrogens is 206 g/mol. The minimum absolute atomic E-state index is 0.206. The van der Waals surface area contributed by atoms with Gasteiger partial charge in [0, 0.05) is 19.0 Å². The summed E-state index contributed by atoms with van der Waals surface area (Å²) in [6, 6.07) is 0.206. The lowest BCUT2D eigenvalue weighted by Gasteiger charge is -2.20. The number of hydrogen-bond acceptors (Lipinski definition) is 5. The molecule has 84 valence electrons. The van der Waals surface area contributed by atoms with Gasteiger partial charge in [0.25, 0.3) is 0 Å². The Morgan fingerprint density at radius 3 is 3.19 bits per heavy atom. The molecule has 7 nitrogen and oxygen atoms in total. The molecule has 7 heteroatoms. The molecule has 16 heavy (non-hydrogen) atoms. The van der Waals surface area contributed by atoms with Crippen LogP contribution in [0.5, 0.6) is 0 Å². The fourth-order valence-electron chi connectivity index (χ4n) is 1.98. The van der Waals surface area contributed by atoms with Gasteiger partial charge < -0.3 is 10.3 Å². The summed E-state index contributed by atoms with van der Waals surface area (Å²) >= 11 is 0. The van der Waals surface area contributed by atoms with Crippen LogP contribution in [0.3, 0.4) is 0 Å². The molecule has 2 aromatic heterocycles. The molecule has 0 bridgehead atoms. The van der Waals surface area contributed by atoms with Crippen molar-refractivity contribution in [2.75, 3.05) is 0 Å². The highest BCUT2D eigenvalue weighted by Crippen LogP contribution is 2.14. The number of hydrogen-bond donors (Lipinski definition) is 1. The van der Waals surface area contributed by atoms with Crippen LogP contribution in [-0.4, -0.2) is 35.6 Å². The van der Waals surface area contributed by atoms with Crippen molar-refractivity contribution in [1.82, 2.24) is 29.5 Å². The second-order valence-electron chi connectivity index (χ2n) is 4.03. The van der Waals surface area contributed by atoms with E-state index in [2.05, 4.69) is 24.8 Å². The number of fused-ring (bicyclic) bond motifs is 1. The minimum Gasteiger partial charge on any atom is -0.326 e. The molecule has 0 radical (unpaired) electrons. The lowest BCUT2D eigenvalue weighted by Crippen LogP contribution is -2.33. The summed E-state index contributed by atoms with van der Waals surface area (Å²) in [5, 5.41) is 12.4. The van der Waals surface area contributed by atoms with Crippen LogP contribution in [0.1, 0.15) is 18.1 Å². The van der Waals surface area contributed by atoms with Gasteiger partial charge >= 0.3 is 0 Å². The van der Waals surface area contributed by atoms with Crippen molar-refractivity contribution in [3.05, 3.63) is 24.3 Å². The Balaban J connectivity index is 1.88. The normalized spacial score (nSPS) is 19.7. The van der Waals surface area contributed by atoms with Gasteiger partial charge in [-0.3, -0.25) is 0 Å². The van der Waals surface area contributed by atoms with E-state index in [1.165, 1.54) is 6.33 Å². The van der Waals surface area contributed by atoms with Crippen molar-refractivity contribution >= 4 is 0 Å².